The number of benzene rings is 2. The lowest BCUT2D eigenvalue weighted by Gasteiger charge is -2.32. The largest absolute Gasteiger partial charge is 0.385 e. The second-order valence-electron chi connectivity index (χ2n) is 7.96. The average molecular weight is 478 g/mol. The maximum absolute atomic E-state index is 13.0. The van der Waals surface area contributed by atoms with E-state index in [0.29, 0.717) is 47.5 Å². The van der Waals surface area contributed by atoms with Crippen LogP contribution in [0.2, 0.25) is 10.0 Å². The van der Waals surface area contributed by atoms with Gasteiger partial charge in [0.2, 0.25) is 5.91 Å². The summed E-state index contributed by atoms with van der Waals surface area (Å²) in [5.41, 5.74) is 2.06. The molecule has 8 heteroatoms. The van der Waals surface area contributed by atoms with E-state index in [4.69, 9.17) is 27.9 Å². The van der Waals surface area contributed by atoms with Gasteiger partial charge in [0.15, 0.2) is 0 Å². The van der Waals surface area contributed by atoms with E-state index in [0.717, 1.165) is 31.4 Å². The van der Waals surface area contributed by atoms with Gasteiger partial charge in [-0.25, -0.2) is 0 Å². The molecule has 0 spiro atoms. The maximum Gasteiger partial charge on any atom is 0.253 e. The zero-order valence-electron chi connectivity index (χ0n) is 18.2. The van der Waals surface area contributed by atoms with Gasteiger partial charge in [-0.05, 0) is 55.6 Å². The Hall–Kier alpha value is -2.12. The molecule has 32 heavy (non-hydrogen) atoms. The van der Waals surface area contributed by atoms with E-state index in [2.05, 4.69) is 15.5 Å². The second kappa shape index (κ2) is 12.2. The fraction of sp³-hybridized carbons (Fsp3) is 0.417. The molecule has 2 N–H and O–H groups in total. The Morgan fingerprint density at radius 2 is 1.97 bits per heavy atom. The number of nitrogens with zero attached hydrogens (tertiary/aromatic N) is 1. The Labute approximate surface area is 199 Å². The van der Waals surface area contributed by atoms with E-state index in [9.17, 15) is 9.59 Å². The third-order valence-electron chi connectivity index (χ3n) is 5.51. The van der Waals surface area contributed by atoms with Crippen molar-refractivity contribution >= 4 is 40.7 Å². The van der Waals surface area contributed by atoms with Gasteiger partial charge < -0.3 is 15.4 Å². The molecular formula is C24H29Cl2N3O3. The van der Waals surface area contributed by atoms with E-state index in [1.165, 1.54) is 0 Å². The number of carbonyl (C=O) groups excluding carboxylic acids is 2. The lowest BCUT2D eigenvalue weighted by molar-refractivity contribution is -0.121. The van der Waals surface area contributed by atoms with Crippen LogP contribution >= 0.6 is 23.2 Å². The molecule has 2 aromatic carbocycles. The van der Waals surface area contributed by atoms with Crippen LogP contribution in [0.15, 0.2) is 42.5 Å². The van der Waals surface area contributed by atoms with Crippen LogP contribution in [0.25, 0.3) is 0 Å². The first-order chi connectivity index (χ1) is 15.5. The normalized spacial score (nSPS) is 16.5. The quantitative estimate of drug-likeness (QED) is 0.517. The van der Waals surface area contributed by atoms with Crippen molar-refractivity contribution in [2.75, 3.05) is 38.7 Å². The van der Waals surface area contributed by atoms with Crippen LogP contribution in [-0.4, -0.2) is 50.1 Å². The first-order valence-corrected chi connectivity index (χ1v) is 11.6. The number of hydrogen-bond donors (Lipinski definition) is 2. The first kappa shape index (κ1) is 24.5. The fourth-order valence-corrected chi connectivity index (χ4v) is 4.17. The van der Waals surface area contributed by atoms with Gasteiger partial charge in [-0.3, -0.25) is 14.5 Å². The number of para-hydroxylation sites is 1. The molecular weight excluding hydrogens is 449 g/mol. The number of carbonyl (C=O) groups is 2. The lowest BCUT2D eigenvalue weighted by Crippen LogP contribution is -2.40. The molecule has 1 unspecified atom stereocenters. The molecule has 0 radical (unpaired) electrons. The van der Waals surface area contributed by atoms with Crippen LogP contribution in [0.4, 0.5) is 5.69 Å². The smallest absolute Gasteiger partial charge is 0.253 e. The summed E-state index contributed by atoms with van der Waals surface area (Å²) in [7, 11) is 1.63. The molecule has 1 atom stereocenters. The molecule has 3 rings (SSSR count). The summed E-state index contributed by atoms with van der Waals surface area (Å²) in [6.45, 7) is 3.38. The molecule has 1 heterocycles. The minimum atomic E-state index is -0.207. The predicted octanol–water partition coefficient (Wildman–Crippen LogP) is 4.61. The summed E-state index contributed by atoms with van der Waals surface area (Å²) in [5, 5.41) is 6.91. The highest BCUT2D eigenvalue weighted by Gasteiger charge is 2.27. The van der Waals surface area contributed by atoms with Gasteiger partial charge in [0.25, 0.3) is 5.91 Å². The SMILES string of the molecule is COCCCNC(=O)c1ccccc1NC(=O)C1CCCN(Cc2ccc(Cl)c(Cl)c2)C1. The number of hydrogen-bond acceptors (Lipinski definition) is 4. The fourth-order valence-electron chi connectivity index (χ4n) is 3.85. The van der Waals surface area contributed by atoms with Crippen molar-refractivity contribution in [3.8, 4) is 0 Å². The molecule has 0 aliphatic carbocycles. The highest BCUT2D eigenvalue weighted by atomic mass is 35.5. The summed E-state index contributed by atoms with van der Waals surface area (Å²) >= 11 is 12.1. The van der Waals surface area contributed by atoms with Crippen LogP contribution in [0.5, 0.6) is 0 Å². The number of rotatable bonds is 9. The van der Waals surface area contributed by atoms with Crippen molar-refractivity contribution in [1.29, 1.82) is 0 Å². The molecule has 172 valence electrons. The predicted molar refractivity (Wildman–Crippen MR) is 128 cm³/mol. The molecule has 1 aliphatic rings. The average Bonchev–Trinajstić information content (AvgIpc) is 2.79. The molecule has 2 aromatic rings. The van der Waals surface area contributed by atoms with E-state index in [1.807, 2.05) is 18.2 Å². The summed E-state index contributed by atoms with van der Waals surface area (Å²) in [4.78, 5) is 27.8. The number of anilines is 1. The Morgan fingerprint density at radius 3 is 2.75 bits per heavy atom. The van der Waals surface area contributed by atoms with Gasteiger partial charge in [-0.15, -0.1) is 0 Å². The van der Waals surface area contributed by atoms with Crippen molar-refractivity contribution in [1.82, 2.24) is 10.2 Å². The van der Waals surface area contributed by atoms with Crippen LogP contribution in [0, 0.1) is 5.92 Å². The Balaban J connectivity index is 1.59. The van der Waals surface area contributed by atoms with Crippen molar-refractivity contribution in [2.24, 2.45) is 5.92 Å². The number of piperidine rings is 1. The minimum Gasteiger partial charge on any atom is -0.385 e. The monoisotopic (exact) mass is 477 g/mol. The number of halogens is 2. The number of likely N-dealkylation sites (tertiary alicyclic amines) is 1. The molecule has 0 saturated carbocycles. The number of methoxy groups -OCH3 is 1. The highest BCUT2D eigenvalue weighted by molar-refractivity contribution is 6.42. The van der Waals surface area contributed by atoms with E-state index < -0.39 is 0 Å². The molecule has 1 fully saturated rings. The molecule has 2 amide bonds. The van der Waals surface area contributed by atoms with Crippen molar-refractivity contribution in [2.45, 2.75) is 25.8 Å². The van der Waals surface area contributed by atoms with Crippen molar-refractivity contribution in [3.05, 3.63) is 63.6 Å². The third-order valence-corrected chi connectivity index (χ3v) is 6.25. The maximum atomic E-state index is 13.0. The van der Waals surface area contributed by atoms with Gasteiger partial charge in [0.1, 0.15) is 0 Å². The zero-order valence-corrected chi connectivity index (χ0v) is 19.7. The van der Waals surface area contributed by atoms with Crippen LogP contribution in [0.1, 0.15) is 35.2 Å². The Bertz CT molecular complexity index is 938. The first-order valence-electron chi connectivity index (χ1n) is 10.8. The van der Waals surface area contributed by atoms with Crippen molar-refractivity contribution < 1.29 is 14.3 Å². The summed E-state index contributed by atoms with van der Waals surface area (Å²) in [6, 6.07) is 12.7. The van der Waals surface area contributed by atoms with Crippen LogP contribution in [-0.2, 0) is 16.1 Å². The molecule has 6 nitrogen and oxygen atoms in total. The summed E-state index contributed by atoms with van der Waals surface area (Å²) in [5.74, 6) is -0.422. The van der Waals surface area contributed by atoms with Gasteiger partial charge >= 0.3 is 0 Å². The van der Waals surface area contributed by atoms with Crippen LogP contribution in [0.3, 0.4) is 0 Å². The minimum absolute atomic E-state index is 0.0662. The van der Waals surface area contributed by atoms with Gasteiger partial charge in [-0.1, -0.05) is 41.4 Å². The number of ether oxygens (including phenoxy) is 1. The topological polar surface area (TPSA) is 70.7 Å². The van der Waals surface area contributed by atoms with E-state index in [-0.39, 0.29) is 17.7 Å². The van der Waals surface area contributed by atoms with Gasteiger partial charge in [0, 0.05) is 33.4 Å². The molecule has 1 aliphatic heterocycles. The zero-order chi connectivity index (χ0) is 22.9. The highest BCUT2D eigenvalue weighted by Crippen LogP contribution is 2.25. The Morgan fingerprint density at radius 1 is 1.16 bits per heavy atom. The van der Waals surface area contributed by atoms with E-state index in [1.54, 1.807) is 31.4 Å². The lowest BCUT2D eigenvalue weighted by atomic mass is 9.96. The molecule has 0 bridgehead atoms. The number of amides is 2. The van der Waals surface area contributed by atoms with Gasteiger partial charge in [0.05, 0.1) is 27.2 Å². The number of nitrogens with one attached hydrogen (secondary N) is 2. The molecule has 1 saturated heterocycles. The summed E-state index contributed by atoms with van der Waals surface area (Å²) < 4.78 is 5.01. The second-order valence-corrected chi connectivity index (χ2v) is 8.77. The van der Waals surface area contributed by atoms with Crippen molar-refractivity contribution in [3.63, 3.8) is 0 Å². The third kappa shape index (κ3) is 6.94. The molecule has 0 aromatic heterocycles. The van der Waals surface area contributed by atoms with Gasteiger partial charge in [-0.2, -0.15) is 0 Å². The van der Waals surface area contributed by atoms with E-state index >= 15 is 0 Å². The standard InChI is InChI=1S/C24H29Cl2N3O3/c1-32-13-5-11-27-24(31)19-7-2-3-8-22(19)28-23(30)18-6-4-12-29(16-18)15-17-9-10-20(25)21(26)14-17/h2-3,7-10,14,18H,4-6,11-13,15-16H2,1H3,(H,27,31)(H,28,30). The summed E-state index contributed by atoms with van der Waals surface area (Å²) in [6.07, 6.45) is 2.48. The Kier molecular flexibility index (Phi) is 9.36. The van der Waals surface area contributed by atoms with Crippen LogP contribution < -0.4 is 10.6 Å².